The van der Waals surface area contributed by atoms with E-state index in [9.17, 15) is 5.11 Å². The average Bonchev–Trinajstić information content (AvgIpc) is 2.39. The van der Waals surface area contributed by atoms with Gasteiger partial charge >= 0.3 is 8.60 Å². The van der Waals surface area contributed by atoms with Gasteiger partial charge in [0, 0.05) is 11.1 Å². The molecular weight excluding hydrogens is 299 g/mol. The third-order valence-corrected chi connectivity index (χ3v) is 4.60. The second-order valence-electron chi connectivity index (χ2n) is 5.63. The van der Waals surface area contributed by atoms with E-state index in [1.54, 1.807) is 0 Å². The predicted octanol–water partition coefficient (Wildman–Crippen LogP) is 4.90. The molecule has 1 saturated heterocycles. The van der Waals surface area contributed by atoms with Gasteiger partial charge in [0.25, 0.3) is 0 Å². The fourth-order valence-corrected chi connectivity index (χ4v) is 3.35. The molecule has 1 fully saturated rings. The van der Waals surface area contributed by atoms with Gasteiger partial charge < -0.3 is 9.63 Å². The quantitative estimate of drug-likeness (QED) is 0.817. The highest BCUT2D eigenvalue weighted by Gasteiger charge is 2.27. The van der Waals surface area contributed by atoms with E-state index in [2.05, 4.69) is 0 Å². The molecule has 0 aliphatic carbocycles. The van der Waals surface area contributed by atoms with Crippen molar-refractivity contribution in [2.75, 3.05) is 6.79 Å². The zero-order valence-electron chi connectivity index (χ0n) is 13.1. The Morgan fingerprint density at radius 1 is 0.909 bits per heavy atom. The molecule has 0 amide bonds. The maximum Gasteiger partial charge on any atom is 0.401 e. The fourth-order valence-electron chi connectivity index (χ4n) is 2.66. The zero-order valence-corrected chi connectivity index (χ0v) is 14.0. The van der Waals surface area contributed by atoms with Gasteiger partial charge in [-0.15, -0.1) is 0 Å². The molecule has 0 atom stereocenters. The number of hydrogen-bond acceptors (Lipinski definition) is 4. The highest BCUT2D eigenvalue weighted by molar-refractivity contribution is 7.43. The van der Waals surface area contributed by atoms with E-state index in [-0.39, 0.29) is 12.5 Å². The summed E-state index contributed by atoms with van der Waals surface area (Å²) in [6, 6.07) is 8.00. The van der Waals surface area contributed by atoms with Crippen LogP contribution >= 0.6 is 8.60 Å². The summed E-state index contributed by atoms with van der Waals surface area (Å²) in [5.74, 6) is 0.986. The lowest BCUT2D eigenvalue weighted by Gasteiger charge is -2.26. The summed E-state index contributed by atoms with van der Waals surface area (Å²) in [6.45, 7) is 8.21. The van der Waals surface area contributed by atoms with E-state index >= 15 is 0 Å². The molecule has 3 rings (SSSR count). The van der Waals surface area contributed by atoms with E-state index in [0.29, 0.717) is 5.75 Å². The number of phenolic OH excluding ortho intramolecular Hbond substituents is 1. The molecule has 5 heteroatoms. The Bertz CT molecular complexity index is 723. The van der Waals surface area contributed by atoms with E-state index < -0.39 is 8.60 Å². The first kappa shape index (κ1) is 15.3. The van der Waals surface area contributed by atoms with Crippen LogP contribution in [0.5, 0.6) is 11.5 Å². The molecule has 0 bridgehead atoms. The van der Waals surface area contributed by atoms with Crippen molar-refractivity contribution in [2.24, 2.45) is 0 Å². The highest BCUT2D eigenvalue weighted by atomic mass is 31.2. The number of aryl methyl sites for hydroxylation is 4. The van der Waals surface area contributed by atoms with Crippen LogP contribution in [0.15, 0.2) is 24.3 Å². The first-order chi connectivity index (χ1) is 10.5. The van der Waals surface area contributed by atoms with Gasteiger partial charge in [0.05, 0.1) is 0 Å². The standard InChI is InChI=1S/C17H19O4P/c1-10-5-12(3)16(18)14(7-10)15-8-11(2)6-13(4)17(15)21-22-19-9-20-22/h5-8,18H,9H2,1-4H3. The van der Waals surface area contributed by atoms with Crippen molar-refractivity contribution >= 4 is 8.60 Å². The van der Waals surface area contributed by atoms with Crippen LogP contribution in [-0.4, -0.2) is 11.9 Å². The SMILES string of the molecule is Cc1cc(C)c(O)c(-c2cc(C)cc(C)c2OP2OCO2)c1. The summed E-state index contributed by atoms with van der Waals surface area (Å²) in [7, 11) is -1.31. The molecular formula is C17H19O4P. The lowest BCUT2D eigenvalue weighted by atomic mass is 9.95. The lowest BCUT2D eigenvalue weighted by Crippen LogP contribution is -2.10. The van der Waals surface area contributed by atoms with Gasteiger partial charge in [-0.3, -0.25) is 9.05 Å². The fraction of sp³-hybridized carbons (Fsp3) is 0.294. The minimum absolute atomic E-state index is 0.279. The number of hydrogen-bond donors (Lipinski definition) is 1. The van der Waals surface area contributed by atoms with E-state index in [1.165, 1.54) is 0 Å². The molecule has 1 heterocycles. The second-order valence-corrected chi connectivity index (χ2v) is 6.77. The van der Waals surface area contributed by atoms with E-state index in [1.807, 2.05) is 52.0 Å². The van der Waals surface area contributed by atoms with Crippen LogP contribution in [0.1, 0.15) is 22.3 Å². The molecule has 0 aromatic heterocycles. The summed E-state index contributed by atoms with van der Waals surface area (Å²) in [4.78, 5) is 0. The summed E-state index contributed by atoms with van der Waals surface area (Å²) in [6.07, 6.45) is 0. The van der Waals surface area contributed by atoms with Gasteiger partial charge in [-0.1, -0.05) is 12.1 Å². The molecule has 22 heavy (non-hydrogen) atoms. The van der Waals surface area contributed by atoms with Crippen molar-refractivity contribution in [1.82, 2.24) is 0 Å². The van der Waals surface area contributed by atoms with Gasteiger partial charge in [0.1, 0.15) is 11.5 Å². The van der Waals surface area contributed by atoms with Crippen molar-refractivity contribution in [3.8, 4) is 22.6 Å². The van der Waals surface area contributed by atoms with Gasteiger partial charge in [-0.05, 0) is 62.1 Å². The Hall–Kier alpha value is -1.61. The Morgan fingerprint density at radius 3 is 2.09 bits per heavy atom. The molecule has 2 aromatic carbocycles. The third-order valence-electron chi connectivity index (χ3n) is 3.64. The van der Waals surface area contributed by atoms with Crippen LogP contribution in [-0.2, 0) is 9.05 Å². The van der Waals surface area contributed by atoms with Crippen LogP contribution in [0.25, 0.3) is 11.1 Å². The Balaban J connectivity index is 2.16. The van der Waals surface area contributed by atoms with Crippen LogP contribution in [0.4, 0.5) is 0 Å². The lowest BCUT2D eigenvalue weighted by molar-refractivity contribution is 0.0108. The largest absolute Gasteiger partial charge is 0.507 e. The number of benzene rings is 2. The van der Waals surface area contributed by atoms with Crippen molar-refractivity contribution in [3.63, 3.8) is 0 Å². The van der Waals surface area contributed by atoms with Gasteiger partial charge in [-0.25, -0.2) is 0 Å². The topological polar surface area (TPSA) is 47.9 Å². The van der Waals surface area contributed by atoms with Crippen molar-refractivity contribution in [2.45, 2.75) is 27.7 Å². The maximum absolute atomic E-state index is 10.5. The van der Waals surface area contributed by atoms with Gasteiger partial charge in [0.15, 0.2) is 6.79 Å². The van der Waals surface area contributed by atoms with Crippen LogP contribution in [0, 0.1) is 27.7 Å². The Kier molecular flexibility index (Phi) is 4.09. The van der Waals surface area contributed by atoms with Gasteiger partial charge in [0.2, 0.25) is 0 Å². The summed E-state index contributed by atoms with van der Waals surface area (Å²) < 4.78 is 16.4. The molecule has 1 aliphatic heterocycles. The molecule has 116 valence electrons. The monoisotopic (exact) mass is 318 g/mol. The number of rotatable bonds is 3. The van der Waals surface area contributed by atoms with Gasteiger partial charge in [-0.2, -0.15) is 0 Å². The maximum atomic E-state index is 10.5. The van der Waals surface area contributed by atoms with E-state index in [4.69, 9.17) is 13.6 Å². The first-order valence-electron chi connectivity index (χ1n) is 7.11. The number of aromatic hydroxyl groups is 1. The summed E-state index contributed by atoms with van der Waals surface area (Å²) in [5, 5.41) is 10.5. The molecule has 4 nitrogen and oxygen atoms in total. The molecule has 1 N–H and O–H groups in total. The highest BCUT2D eigenvalue weighted by Crippen LogP contribution is 2.51. The van der Waals surface area contributed by atoms with Crippen molar-refractivity contribution in [3.05, 3.63) is 46.5 Å². The zero-order chi connectivity index (χ0) is 15.9. The first-order valence-corrected chi connectivity index (χ1v) is 8.21. The minimum Gasteiger partial charge on any atom is -0.507 e. The Morgan fingerprint density at radius 2 is 1.50 bits per heavy atom. The normalized spacial score (nSPS) is 14.7. The third kappa shape index (κ3) is 2.82. The average molecular weight is 318 g/mol. The summed E-state index contributed by atoms with van der Waals surface area (Å²) in [5.41, 5.74) is 5.69. The Labute approximate surface area is 131 Å². The molecule has 0 saturated carbocycles. The molecule has 0 unspecified atom stereocenters. The molecule has 1 aliphatic rings. The molecule has 0 spiro atoms. The van der Waals surface area contributed by atoms with Crippen molar-refractivity contribution < 1.29 is 18.7 Å². The van der Waals surface area contributed by atoms with Crippen LogP contribution in [0.2, 0.25) is 0 Å². The number of phenols is 1. The predicted molar refractivity (Wildman–Crippen MR) is 87.1 cm³/mol. The van der Waals surface area contributed by atoms with Crippen LogP contribution in [0.3, 0.4) is 0 Å². The minimum atomic E-state index is -1.31. The molecule has 0 radical (unpaired) electrons. The van der Waals surface area contributed by atoms with E-state index in [0.717, 1.165) is 33.4 Å². The summed E-state index contributed by atoms with van der Waals surface area (Å²) >= 11 is 0. The second kappa shape index (κ2) is 5.88. The smallest absolute Gasteiger partial charge is 0.401 e. The molecule has 2 aromatic rings. The van der Waals surface area contributed by atoms with Crippen molar-refractivity contribution in [1.29, 1.82) is 0 Å². The van der Waals surface area contributed by atoms with Crippen LogP contribution < -0.4 is 4.52 Å².